The summed E-state index contributed by atoms with van der Waals surface area (Å²) in [5, 5.41) is 3.71. The molecule has 1 aromatic rings. The Bertz CT molecular complexity index is 406. The normalized spacial score (nSPS) is 27.1. The van der Waals surface area contributed by atoms with E-state index >= 15 is 0 Å². The van der Waals surface area contributed by atoms with Crippen molar-refractivity contribution < 1.29 is 0 Å². The van der Waals surface area contributed by atoms with Gasteiger partial charge >= 0.3 is 0 Å². The number of hydrogen-bond acceptors (Lipinski definition) is 1. The monoisotopic (exact) mass is 231 g/mol. The molecule has 0 spiro atoms. The lowest BCUT2D eigenvalue weighted by molar-refractivity contribution is 0.366. The maximum atomic E-state index is 3.71. The summed E-state index contributed by atoms with van der Waals surface area (Å²) in [6.45, 7) is 11.5. The molecule has 2 atom stereocenters. The van der Waals surface area contributed by atoms with Crippen LogP contribution in [-0.2, 0) is 0 Å². The molecule has 1 N–H and O–H groups in total. The molecule has 1 aromatic carbocycles. The van der Waals surface area contributed by atoms with Crippen LogP contribution in [0.15, 0.2) is 18.2 Å². The van der Waals surface area contributed by atoms with Crippen LogP contribution in [0.5, 0.6) is 0 Å². The van der Waals surface area contributed by atoms with E-state index in [9.17, 15) is 0 Å². The fourth-order valence-electron chi connectivity index (χ4n) is 3.13. The second-order valence-corrected chi connectivity index (χ2v) is 6.60. The van der Waals surface area contributed by atoms with Crippen LogP contribution in [0.3, 0.4) is 0 Å². The van der Waals surface area contributed by atoms with Gasteiger partial charge in [-0.15, -0.1) is 0 Å². The molecule has 0 heterocycles. The average molecular weight is 231 g/mol. The molecule has 1 nitrogen and oxygen atoms in total. The van der Waals surface area contributed by atoms with Gasteiger partial charge in [0.25, 0.3) is 0 Å². The quantitative estimate of drug-likeness (QED) is 0.788. The third-order valence-corrected chi connectivity index (χ3v) is 4.19. The Morgan fingerprint density at radius 3 is 2.35 bits per heavy atom. The first-order chi connectivity index (χ1) is 7.87. The minimum absolute atomic E-state index is 0.497. The fourth-order valence-corrected chi connectivity index (χ4v) is 3.13. The Kier molecular flexibility index (Phi) is 3.20. The van der Waals surface area contributed by atoms with E-state index < -0.39 is 0 Å². The zero-order chi connectivity index (χ0) is 12.6. The third-order valence-electron chi connectivity index (χ3n) is 4.19. The molecule has 0 radical (unpaired) electrons. The molecule has 1 heteroatoms. The number of anilines is 1. The van der Waals surface area contributed by atoms with E-state index in [0.29, 0.717) is 11.5 Å². The zero-order valence-corrected chi connectivity index (χ0v) is 11.8. The minimum Gasteiger partial charge on any atom is -0.382 e. The Morgan fingerprint density at radius 1 is 1.12 bits per heavy atom. The van der Waals surface area contributed by atoms with E-state index in [1.807, 2.05) is 0 Å². The summed E-state index contributed by atoms with van der Waals surface area (Å²) in [6, 6.07) is 7.32. The second kappa shape index (κ2) is 4.36. The summed E-state index contributed by atoms with van der Waals surface area (Å²) in [4.78, 5) is 0. The lowest BCUT2D eigenvalue weighted by Crippen LogP contribution is -2.22. The molecule has 17 heavy (non-hydrogen) atoms. The topological polar surface area (TPSA) is 12.0 Å². The van der Waals surface area contributed by atoms with Gasteiger partial charge in [0.05, 0.1) is 0 Å². The highest BCUT2D eigenvalue weighted by atomic mass is 14.9. The van der Waals surface area contributed by atoms with Crippen LogP contribution in [-0.4, -0.2) is 6.04 Å². The van der Waals surface area contributed by atoms with Crippen LogP contribution < -0.4 is 5.32 Å². The van der Waals surface area contributed by atoms with E-state index in [4.69, 9.17) is 0 Å². The molecule has 0 aliphatic heterocycles. The van der Waals surface area contributed by atoms with Gasteiger partial charge in [0.15, 0.2) is 0 Å². The van der Waals surface area contributed by atoms with Crippen molar-refractivity contribution in [3.05, 3.63) is 29.3 Å². The summed E-state index contributed by atoms with van der Waals surface area (Å²) in [5.41, 5.74) is 4.52. The van der Waals surface area contributed by atoms with Crippen molar-refractivity contribution >= 4 is 5.69 Å². The molecule has 0 saturated heterocycles. The molecular formula is C16H25N. The maximum absolute atomic E-state index is 3.71. The molecule has 2 unspecified atom stereocenters. The van der Waals surface area contributed by atoms with Gasteiger partial charge in [-0.3, -0.25) is 0 Å². The van der Waals surface area contributed by atoms with Crippen LogP contribution >= 0.6 is 0 Å². The Labute approximate surface area is 106 Å². The first-order valence-corrected chi connectivity index (χ1v) is 6.71. The van der Waals surface area contributed by atoms with Gasteiger partial charge in [0, 0.05) is 11.7 Å². The molecule has 0 bridgehead atoms. The Morgan fingerprint density at radius 2 is 1.82 bits per heavy atom. The van der Waals surface area contributed by atoms with E-state index in [-0.39, 0.29) is 0 Å². The lowest BCUT2D eigenvalue weighted by atomic mass is 9.91. The van der Waals surface area contributed by atoms with Crippen LogP contribution in [0, 0.1) is 25.2 Å². The van der Waals surface area contributed by atoms with Gasteiger partial charge in [0.2, 0.25) is 0 Å². The molecule has 2 rings (SSSR count). The van der Waals surface area contributed by atoms with Crippen molar-refractivity contribution in [1.82, 2.24) is 0 Å². The van der Waals surface area contributed by atoms with Crippen LogP contribution in [0.1, 0.15) is 44.7 Å². The standard InChI is InChI=1S/C16H25N/c1-11-6-7-14(8-12(11)2)17-15-10-16(4,5)9-13(15)3/h6-8,13,15,17H,9-10H2,1-5H3. The molecule has 0 amide bonds. The first kappa shape index (κ1) is 12.5. The molecule has 1 saturated carbocycles. The van der Waals surface area contributed by atoms with Gasteiger partial charge in [-0.2, -0.15) is 0 Å². The van der Waals surface area contributed by atoms with E-state index in [0.717, 1.165) is 5.92 Å². The molecule has 1 fully saturated rings. The number of hydrogen-bond donors (Lipinski definition) is 1. The second-order valence-electron chi connectivity index (χ2n) is 6.60. The van der Waals surface area contributed by atoms with Crippen molar-refractivity contribution in [2.75, 3.05) is 5.32 Å². The predicted molar refractivity (Wildman–Crippen MR) is 75.5 cm³/mol. The van der Waals surface area contributed by atoms with E-state index in [1.54, 1.807) is 0 Å². The van der Waals surface area contributed by atoms with Crippen molar-refractivity contribution in [2.24, 2.45) is 11.3 Å². The molecular weight excluding hydrogens is 206 g/mol. The predicted octanol–water partition coefficient (Wildman–Crippen LogP) is 4.54. The highest BCUT2D eigenvalue weighted by Gasteiger charge is 2.36. The highest BCUT2D eigenvalue weighted by Crippen LogP contribution is 2.42. The summed E-state index contributed by atoms with van der Waals surface area (Å²) in [6.07, 6.45) is 2.61. The number of nitrogens with one attached hydrogen (secondary N) is 1. The Balaban J connectivity index is 2.08. The smallest absolute Gasteiger partial charge is 0.0345 e. The van der Waals surface area contributed by atoms with Crippen LogP contribution in [0.25, 0.3) is 0 Å². The van der Waals surface area contributed by atoms with Gasteiger partial charge < -0.3 is 5.32 Å². The van der Waals surface area contributed by atoms with Gasteiger partial charge in [-0.05, 0) is 61.3 Å². The van der Waals surface area contributed by atoms with Gasteiger partial charge in [-0.1, -0.05) is 26.8 Å². The van der Waals surface area contributed by atoms with Gasteiger partial charge in [0.1, 0.15) is 0 Å². The largest absolute Gasteiger partial charge is 0.382 e. The minimum atomic E-state index is 0.497. The third kappa shape index (κ3) is 2.83. The summed E-state index contributed by atoms with van der Waals surface area (Å²) >= 11 is 0. The van der Waals surface area contributed by atoms with Crippen LogP contribution in [0.2, 0.25) is 0 Å². The average Bonchev–Trinajstić information content (AvgIpc) is 2.46. The number of aryl methyl sites for hydroxylation is 2. The molecule has 0 aromatic heterocycles. The molecule has 1 aliphatic rings. The maximum Gasteiger partial charge on any atom is 0.0345 e. The van der Waals surface area contributed by atoms with Crippen molar-refractivity contribution in [1.29, 1.82) is 0 Å². The molecule has 94 valence electrons. The van der Waals surface area contributed by atoms with E-state index in [2.05, 4.69) is 58.1 Å². The number of benzene rings is 1. The lowest BCUT2D eigenvalue weighted by Gasteiger charge is -2.20. The summed E-state index contributed by atoms with van der Waals surface area (Å²) in [7, 11) is 0. The Hall–Kier alpha value is -0.980. The van der Waals surface area contributed by atoms with Crippen molar-refractivity contribution in [3.8, 4) is 0 Å². The fraction of sp³-hybridized carbons (Fsp3) is 0.625. The van der Waals surface area contributed by atoms with Crippen molar-refractivity contribution in [2.45, 2.75) is 53.5 Å². The SMILES string of the molecule is Cc1ccc(NC2CC(C)(C)CC2C)cc1C. The zero-order valence-electron chi connectivity index (χ0n) is 11.8. The first-order valence-electron chi connectivity index (χ1n) is 6.71. The van der Waals surface area contributed by atoms with Gasteiger partial charge in [-0.25, -0.2) is 0 Å². The molecule has 1 aliphatic carbocycles. The number of rotatable bonds is 2. The summed E-state index contributed by atoms with van der Waals surface area (Å²) in [5.74, 6) is 0.770. The van der Waals surface area contributed by atoms with Crippen molar-refractivity contribution in [3.63, 3.8) is 0 Å². The highest BCUT2D eigenvalue weighted by molar-refractivity contribution is 5.49. The summed E-state index contributed by atoms with van der Waals surface area (Å²) < 4.78 is 0. The van der Waals surface area contributed by atoms with Crippen LogP contribution in [0.4, 0.5) is 5.69 Å². The van der Waals surface area contributed by atoms with E-state index in [1.165, 1.54) is 29.7 Å².